The summed E-state index contributed by atoms with van der Waals surface area (Å²) >= 11 is 0. The lowest BCUT2D eigenvalue weighted by Gasteiger charge is -2.23. The third-order valence-corrected chi connectivity index (χ3v) is 15.3. The molecule has 0 heterocycles. The number of ether oxygens (including phenoxy) is 4. The third-order valence-electron chi connectivity index (χ3n) is 15.3. The van der Waals surface area contributed by atoms with Gasteiger partial charge in [0.25, 0.3) is 0 Å². The Balaban J connectivity index is 1.34. The van der Waals surface area contributed by atoms with Gasteiger partial charge in [-0.1, -0.05) is 214 Å². The summed E-state index contributed by atoms with van der Waals surface area (Å²) in [5.74, 6) is 3.03. The van der Waals surface area contributed by atoms with Crippen LogP contribution in [0.5, 0.6) is 23.0 Å². The van der Waals surface area contributed by atoms with Crippen LogP contribution in [0.15, 0.2) is 146 Å². The Morgan fingerprint density at radius 1 is 0.282 bits per heavy atom. The summed E-state index contributed by atoms with van der Waals surface area (Å²) in [6.45, 7) is 11.4. The van der Waals surface area contributed by atoms with E-state index in [2.05, 4.69) is 149 Å². The zero-order valence-electron chi connectivity index (χ0n) is 46.6. The predicted molar refractivity (Wildman–Crippen MR) is 328 cm³/mol. The van der Waals surface area contributed by atoms with Gasteiger partial charge in [0.05, 0.1) is 26.4 Å². The van der Waals surface area contributed by atoms with Gasteiger partial charge in [0, 0.05) is 11.1 Å². The molecule has 402 valence electrons. The maximum atomic E-state index is 12.2. The SMILES string of the molecule is CCCCCCOc1ccc(-c2c(-c3ccc(C=O)cc3)c3cc4c(-c5ccc(C=O)cc5)c(-c5ccc(OCCCCCC)c(OCCCCCC)c5)c5ccccc5c4cc3c3ccccc23)cc1OCCCCCC. The lowest BCUT2D eigenvalue weighted by molar-refractivity contribution is 0.111. The normalized spacial score (nSPS) is 11.4. The molecule has 0 amide bonds. The standard InChI is InChI=1S/C72H78O6/c1-5-9-13-21-41-75-65-39-37-55(45-67(65)77-43-23-15-11-7-3)71-59-27-19-17-25-57(59)61-47-62-58-26-18-20-28-60(58)72(56-38-40-66(76-42-22-14-10-6-2)68(46-56)78-44-24-16-12-8-4)70(54-35-31-52(50-74)32-36-54)64(62)48-63(61)69(71)53-33-29-51(49-73)30-34-53/h17-20,25-40,45-50H,5-16,21-24,41-44H2,1-4H3. The summed E-state index contributed by atoms with van der Waals surface area (Å²) < 4.78 is 26.5. The van der Waals surface area contributed by atoms with Gasteiger partial charge >= 0.3 is 0 Å². The molecule has 9 aromatic rings. The Morgan fingerprint density at radius 2 is 0.590 bits per heavy atom. The monoisotopic (exact) mass is 1040 g/mol. The Hall–Kier alpha value is -7.44. The summed E-state index contributed by atoms with van der Waals surface area (Å²) in [5.41, 5.74) is 9.51. The summed E-state index contributed by atoms with van der Waals surface area (Å²) in [6, 6.07) is 51.3. The van der Waals surface area contributed by atoms with E-state index < -0.39 is 0 Å². The molecular weight excluding hydrogens is 961 g/mol. The molecule has 0 atom stereocenters. The van der Waals surface area contributed by atoms with Crippen molar-refractivity contribution >= 4 is 55.7 Å². The van der Waals surface area contributed by atoms with Crippen molar-refractivity contribution in [3.63, 3.8) is 0 Å². The highest BCUT2D eigenvalue weighted by Gasteiger charge is 2.24. The molecule has 0 bridgehead atoms. The Labute approximate surface area is 463 Å². The second-order valence-corrected chi connectivity index (χ2v) is 21.0. The highest BCUT2D eigenvalue weighted by atomic mass is 16.5. The van der Waals surface area contributed by atoms with Gasteiger partial charge in [0.15, 0.2) is 23.0 Å². The van der Waals surface area contributed by atoms with Gasteiger partial charge in [-0.05, 0) is 150 Å². The van der Waals surface area contributed by atoms with Crippen molar-refractivity contribution in [3.05, 3.63) is 157 Å². The van der Waals surface area contributed by atoms with E-state index in [1.54, 1.807) is 0 Å². The van der Waals surface area contributed by atoms with Crippen LogP contribution in [-0.4, -0.2) is 39.0 Å². The van der Waals surface area contributed by atoms with Crippen molar-refractivity contribution in [1.82, 2.24) is 0 Å². The van der Waals surface area contributed by atoms with Crippen molar-refractivity contribution in [1.29, 1.82) is 0 Å². The molecule has 0 aliphatic heterocycles. The maximum Gasteiger partial charge on any atom is 0.161 e. The van der Waals surface area contributed by atoms with Crippen molar-refractivity contribution in [3.8, 4) is 67.5 Å². The molecule has 9 aromatic carbocycles. The highest BCUT2D eigenvalue weighted by molar-refractivity contribution is 6.29. The minimum atomic E-state index is 0.606. The van der Waals surface area contributed by atoms with Crippen molar-refractivity contribution < 1.29 is 28.5 Å². The quantitative estimate of drug-likeness (QED) is 0.0193. The van der Waals surface area contributed by atoms with Gasteiger partial charge in [0.2, 0.25) is 0 Å². The zero-order chi connectivity index (χ0) is 54.1. The van der Waals surface area contributed by atoms with E-state index in [1.807, 2.05) is 24.3 Å². The number of aldehydes is 2. The molecule has 0 radical (unpaired) electrons. The molecule has 0 unspecified atom stereocenters. The van der Waals surface area contributed by atoms with Crippen LogP contribution >= 0.6 is 0 Å². The molecule has 0 aliphatic carbocycles. The molecule has 6 nitrogen and oxygen atoms in total. The minimum absolute atomic E-state index is 0.606. The first-order chi connectivity index (χ1) is 38.5. The molecule has 0 aliphatic rings. The fourth-order valence-electron chi connectivity index (χ4n) is 11.2. The zero-order valence-corrected chi connectivity index (χ0v) is 46.6. The fraction of sp³-hybridized carbons (Fsp3) is 0.333. The molecule has 78 heavy (non-hydrogen) atoms. The number of carbonyl (C=O) groups is 2. The lowest BCUT2D eigenvalue weighted by Crippen LogP contribution is -2.03. The van der Waals surface area contributed by atoms with E-state index in [1.165, 1.54) is 38.5 Å². The number of hydrogen-bond acceptors (Lipinski definition) is 6. The van der Waals surface area contributed by atoms with Crippen LogP contribution in [0.4, 0.5) is 0 Å². The van der Waals surface area contributed by atoms with E-state index in [-0.39, 0.29) is 0 Å². The maximum absolute atomic E-state index is 12.2. The Morgan fingerprint density at radius 3 is 0.936 bits per heavy atom. The van der Waals surface area contributed by atoms with Crippen LogP contribution in [0.2, 0.25) is 0 Å². The van der Waals surface area contributed by atoms with Gasteiger partial charge in [-0.25, -0.2) is 0 Å². The first-order valence-corrected chi connectivity index (χ1v) is 29.3. The fourth-order valence-corrected chi connectivity index (χ4v) is 11.2. The number of fused-ring (bicyclic) bond motifs is 6. The molecule has 0 spiro atoms. The number of benzene rings is 9. The molecule has 0 fully saturated rings. The first kappa shape index (κ1) is 55.3. The van der Waals surface area contributed by atoms with Crippen LogP contribution in [0.1, 0.15) is 151 Å². The van der Waals surface area contributed by atoms with E-state index in [0.29, 0.717) is 37.6 Å². The number of carbonyl (C=O) groups excluding carboxylic acids is 2. The summed E-state index contributed by atoms with van der Waals surface area (Å²) in [6.07, 6.45) is 19.6. The summed E-state index contributed by atoms with van der Waals surface area (Å²) in [5, 5.41) is 8.87. The average molecular weight is 1040 g/mol. The number of hydrogen-bond donors (Lipinski definition) is 0. The second kappa shape index (κ2) is 27.7. The van der Waals surface area contributed by atoms with Crippen LogP contribution in [-0.2, 0) is 0 Å². The molecule has 0 saturated carbocycles. The number of unbranched alkanes of at least 4 members (excludes halogenated alkanes) is 12. The smallest absolute Gasteiger partial charge is 0.161 e. The van der Waals surface area contributed by atoms with Gasteiger partial charge in [-0.15, -0.1) is 0 Å². The van der Waals surface area contributed by atoms with Gasteiger partial charge < -0.3 is 18.9 Å². The second-order valence-electron chi connectivity index (χ2n) is 21.0. The van der Waals surface area contributed by atoms with E-state index in [9.17, 15) is 9.59 Å². The molecule has 6 heteroatoms. The molecule has 0 aromatic heterocycles. The van der Waals surface area contributed by atoms with Gasteiger partial charge in [-0.3, -0.25) is 9.59 Å². The van der Waals surface area contributed by atoms with Crippen LogP contribution in [0.3, 0.4) is 0 Å². The molecule has 0 N–H and O–H groups in total. The van der Waals surface area contributed by atoms with Crippen molar-refractivity contribution in [2.75, 3.05) is 26.4 Å². The largest absolute Gasteiger partial charge is 0.490 e. The van der Waals surface area contributed by atoms with E-state index in [0.717, 1.165) is 187 Å². The topological polar surface area (TPSA) is 71.1 Å². The highest BCUT2D eigenvalue weighted by Crippen LogP contribution is 2.51. The van der Waals surface area contributed by atoms with Crippen LogP contribution in [0, 0.1) is 0 Å². The first-order valence-electron chi connectivity index (χ1n) is 29.3. The van der Waals surface area contributed by atoms with Crippen LogP contribution in [0.25, 0.3) is 87.6 Å². The average Bonchev–Trinajstić information content (AvgIpc) is 3.68. The molecular formula is C72H78O6. The Kier molecular flexibility index (Phi) is 19.7. The summed E-state index contributed by atoms with van der Waals surface area (Å²) in [4.78, 5) is 24.5. The summed E-state index contributed by atoms with van der Waals surface area (Å²) in [7, 11) is 0. The van der Waals surface area contributed by atoms with E-state index in [4.69, 9.17) is 18.9 Å². The van der Waals surface area contributed by atoms with E-state index >= 15 is 0 Å². The lowest BCUT2D eigenvalue weighted by atomic mass is 9.80. The molecule has 0 saturated heterocycles. The van der Waals surface area contributed by atoms with Gasteiger partial charge in [0.1, 0.15) is 12.6 Å². The van der Waals surface area contributed by atoms with Gasteiger partial charge in [-0.2, -0.15) is 0 Å². The third kappa shape index (κ3) is 12.8. The minimum Gasteiger partial charge on any atom is -0.490 e. The van der Waals surface area contributed by atoms with Crippen LogP contribution < -0.4 is 18.9 Å². The molecule has 9 rings (SSSR count). The predicted octanol–water partition coefficient (Wildman–Crippen LogP) is 20.4. The Bertz CT molecular complexity index is 3220. The number of rotatable bonds is 30. The van der Waals surface area contributed by atoms with Crippen molar-refractivity contribution in [2.45, 2.75) is 130 Å². The van der Waals surface area contributed by atoms with Crippen molar-refractivity contribution in [2.24, 2.45) is 0 Å².